The Bertz CT molecular complexity index is 472. The number of ether oxygens (including phenoxy) is 2. The van der Waals surface area contributed by atoms with Crippen molar-refractivity contribution >= 4 is 0 Å². The molecule has 0 atom stereocenters. The highest BCUT2D eigenvalue weighted by molar-refractivity contribution is 5.05. The number of unbranched alkanes of at least 4 members (excludes halogenated alkanes) is 2. The fourth-order valence-electron chi connectivity index (χ4n) is 1.58. The molecule has 0 aromatic carbocycles. The van der Waals surface area contributed by atoms with E-state index >= 15 is 0 Å². The van der Waals surface area contributed by atoms with Crippen LogP contribution in [0.4, 0.5) is 0 Å². The average Bonchev–Trinajstić information content (AvgIpc) is 3.10. The number of hydrogen-bond acceptors (Lipinski definition) is 4. The Morgan fingerprint density at radius 3 is 1.71 bits per heavy atom. The molecule has 5 heteroatoms. The molecule has 2 aromatic rings. The SMILES string of the molecule is CCCCOc1ccc([I+]c2ccc(OCCCC)o2)o1. The zero-order valence-electron chi connectivity index (χ0n) is 12.6. The summed E-state index contributed by atoms with van der Waals surface area (Å²) in [6.07, 6.45) is 4.32. The van der Waals surface area contributed by atoms with E-state index in [1.807, 2.05) is 24.3 Å². The molecule has 0 bridgehead atoms. The molecular weight excluding hydrogens is 383 g/mol. The van der Waals surface area contributed by atoms with Crippen molar-refractivity contribution in [1.29, 1.82) is 0 Å². The summed E-state index contributed by atoms with van der Waals surface area (Å²) in [6, 6.07) is 7.70. The van der Waals surface area contributed by atoms with Gasteiger partial charge in [-0.2, -0.15) is 0 Å². The van der Waals surface area contributed by atoms with E-state index in [1.165, 1.54) is 0 Å². The van der Waals surface area contributed by atoms with E-state index in [9.17, 15) is 0 Å². The van der Waals surface area contributed by atoms with Crippen molar-refractivity contribution in [3.05, 3.63) is 31.8 Å². The van der Waals surface area contributed by atoms with Crippen LogP contribution < -0.4 is 30.7 Å². The zero-order valence-corrected chi connectivity index (χ0v) is 14.7. The number of rotatable bonds is 10. The van der Waals surface area contributed by atoms with Crippen molar-refractivity contribution in [3.63, 3.8) is 0 Å². The van der Waals surface area contributed by atoms with E-state index < -0.39 is 21.2 Å². The number of hydrogen-bond donors (Lipinski definition) is 0. The van der Waals surface area contributed by atoms with E-state index in [2.05, 4.69) is 13.8 Å². The standard InChI is InChI=1S/C16H22IO4/c1-3-5-11-18-15-9-7-13(20-15)17-14-8-10-16(21-14)19-12-6-4-2/h7-10H,3-6,11-12H2,1-2H3/q+1. The third-order valence-corrected chi connectivity index (χ3v) is 4.99. The summed E-state index contributed by atoms with van der Waals surface area (Å²) in [7, 11) is 0. The molecule has 0 fully saturated rings. The first-order valence-corrected chi connectivity index (χ1v) is 9.57. The second-order valence-electron chi connectivity index (χ2n) is 4.62. The Labute approximate surface area is 136 Å². The Kier molecular flexibility index (Phi) is 6.99. The molecule has 0 amide bonds. The largest absolute Gasteiger partial charge is 0.465 e. The van der Waals surface area contributed by atoms with Crippen LogP contribution in [-0.2, 0) is 0 Å². The molecule has 116 valence electrons. The van der Waals surface area contributed by atoms with Gasteiger partial charge in [-0.15, -0.1) is 0 Å². The maximum atomic E-state index is 5.67. The highest BCUT2D eigenvalue weighted by Crippen LogP contribution is 2.12. The summed E-state index contributed by atoms with van der Waals surface area (Å²) >= 11 is -0.462. The van der Waals surface area contributed by atoms with Gasteiger partial charge in [0.2, 0.25) is 0 Å². The molecule has 0 aliphatic heterocycles. The summed E-state index contributed by atoms with van der Waals surface area (Å²) < 4.78 is 24.3. The summed E-state index contributed by atoms with van der Waals surface area (Å²) in [5.41, 5.74) is 0. The molecule has 0 radical (unpaired) electrons. The molecule has 0 saturated heterocycles. The van der Waals surface area contributed by atoms with Crippen LogP contribution in [0.5, 0.6) is 11.9 Å². The van der Waals surface area contributed by atoms with Crippen LogP contribution in [-0.4, -0.2) is 13.2 Å². The van der Waals surface area contributed by atoms with Crippen molar-refractivity contribution < 1.29 is 39.5 Å². The van der Waals surface area contributed by atoms with Gasteiger partial charge in [-0.1, -0.05) is 26.7 Å². The van der Waals surface area contributed by atoms with Gasteiger partial charge in [0.1, 0.15) is 0 Å². The van der Waals surface area contributed by atoms with Crippen LogP contribution in [0.3, 0.4) is 0 Å². The summed E-state index contributed by atoms with van der Waals surface area (Å²) in [5, 5.41) is 0. The minimum atomic E-state index is -0.462. The molecule has 2 rings (SSSR count). The van der Waals surface area contributed by atoms with Crippen LogP contribution in [0.25, 0.3) is 0 Å². The Balaban J connectivity index is 1.81. The lowest BCUT2D eigenvalue weighted by Crippen LogP contribution is -3.61. The van der Waals surface area contributed by atoms with Gasteiger partial charge in [0.15, 0.2) is 0 Å². The van der Waals surface area contributed by atoms with Gasteiger partial charge in [0.05, 0.1) is 13.2 Å². The van der Waals surface area contributed by atoms with E-state index in [4.69, 9.17) is 18.3 Å². The summed E-state index contributed by atoms with van der Waals surface area (Å²) in [4.78, 5) is 0. The normalized spacial score (nSPS) is 10.8. The van der Waals surface area contributed by atoms with Gasteiger partial charge >= 0.3 is 28.7 Å². The van der Waals surface area contributed by atoms with Gasteiger partial charge in [0.25, 0.3) is 11.9 Å². The fourth-order valence-corrected chi connectivity index (χ4v) is 3.48. The van der Waals surface area contributed by atoms with E-state index in [0.717, 1.165) is 33.2 Å². The van der Waals surface area contributed by atoms with Crippen molar-refractivity contribution in [2.75, 3.05) is 13.2 Å². The highest BCUT2D eigenvalue weighted by atomic mass is 127. The third kappa shape index (κ3) is 5.65. The molecule has 2 aromatic heterocycles. The Hall–Kier alpha value is -1.11. The third-order valence-electron chi connectivity index (χ3n) is 2.77. The van der Waals surface area contributed by atoms with Gasteiger partial charge in [-0.3, -0.25) is 0 Å². The van der Waals surface area contributed by atoms with Crippen molar-refractivity contribution in [2.45, 2.75) is 39.5 Å². The molecule has 0 aliphatic rings. The first-order valence-electron chi connectivity index (χ1n) is 7.42. The molecule has 0 saturated carbocycles. The van der Waals surface area contributed by atoms with Crippen LogP contribution in [0.15, 0.2) is 33.1 Å². The monoisotopic (exact) mass is 405 g/mol. The molecular formula is C16H22IO4+. The second kappa shape index (κ2) is 9.02. The number of halogens is 1. The lowest BCUT2D eigenvalue weighted by molar-refractivity contribution is -0.636. The molecule has 21 heavy (non-hydrogen) atoms. The van der Waals surface area contributed by atoms with E-state index in [-0.39, 0.29) is 0 Å². The zero-order chi connectivity index (χ0) is 14.9. The van der Waals surface area contributed by atoms with Crippen molar-refractivity contribution in [1.82, 2.24) is 0 Å². The topological polar surface area (TPSA) is 44.7 Å². The highest BCUT2D eigenvalue weighted by Gasteiger charge is 2.25. The molecule has 0 unspecified atom stereocenters. The van der Waals surface area contributed by atoms with Gasteiger partial charge in [-0.25, -0.2) is 0 Å². The van der Waals surface area contributed by atoms with E-state index in [1.54, 1.807) is 0 Å². The first kappa shape index (κ1) is 16.3. The maximum absolute atomic E-state index is 5.67. The molecule has 2 heterocycles. The second-order valence-corrected chi connectivity index (χ2v) is 7.28. The van der Waals surface area contributed by atoms with Crippen LogP contribution in [0, 0.1) is 7.53 Å². The quantitative estimate of drug-likeness (QED) is 0.443. The average molecular weight is 405 g/mol. The van der Waals surface area contributed by atoms with Crippen LogP contribution >= 0.6 is 0 Å². The van der Waals surface area contributed by atoms with Crippen molar-refractivity contribution in [2.24, 2.45) is 0 Å². The maximum Gasteiger partial charge on any atom is 0.443 e. The van der Waals surface area contributed by atoms with E-state index in [0.29, 0.717) is 25.1 Å². The van der Waals surface area contributed by atoms with Crippen LogP contribution in [0.1, 0.15) is 39.5 Å². The number of furan rings is 2. The minimum Gasteiger partial charge on any atom is -0.465 e. The molecule has 4 nitrogen and oxygen atoms in total. The molecule has 0 aliphatic carbocycles. The molecule has 0 N–H and O–H groups in total. The predicted molar refractivity (Wildman–Crippen MR) is 75.6 cm³/mol. The van der Waals surface area contributed by atoms with Gasteiger partial charge < -0.3 is 18.3 Å². The predicted octanol–water partition coefficient (Wildman–Crippen LogP) is 1.36. The smallest absolute Gasteiger partial charge is 0.443 e. The Morgan fingerprint density at radius 1 is 0.810 bits per heavy atom. The first-order chi connectivity index (χ1) is 10.3. The fraction of sp³-hybridized carbons (Fsp3) is 0.500. The lowest BCUT2D eigenvalue weighted by Gasteiger charge is -1.98. The van der Waals surface area contributed by atoms with Crippen molar-refractivity contribution in [3.8, 4) is 11.9 Å². The summed E-state index contributed by atoms with van der Waals surface area (Å²) in [6.45, 7) is 5.69. The minimum absolute atomic E-state index is 0.462. The van der Waals surface area contributed by atoms with Gasteiger partial charge in [0, 0.05) is 24.3 Å². The lowest BCUT2D eigenvalue weighted by atomic mass is 10.4. The van der Waals surface area contributed by atoms with Gasteiger partial charge in [-0.05, 0) is 12.8 Å². The molecule has 0 spiro atoms. The Morgan fingerprint density at radius 2 is 1.29 bits per heavy atom. The van der Waals surface area contributed by atoms with Crippen LogP contribution in [0.2, 0.25) is 0 Å². The summed E-state index contributed by atoms with van der Waals surface area (Å²) in [5.74, 6) is 1.20.